The van der Waals surface area contributed by atoms with Crippen molar-refractivity contribution in [1.82, 2.24) is 0 Å². The van der Waals surface area contributed by atoms with Crippen LogP contribution < -0.4 is 0 Å². The van der Waals surface area contributed by atoms with Gasteiger partial charge in [-0.15, -0.1) is 46.7 Å². The number of thioether (sulfide) groups is 2. The number of rotatable bonds is 6. The highest BCUT2D eigenvalue weighted by atomic mass is 35.5. The highest BCUT2D eigenvalue weighted by Gasteiger charge is 2.17. The summed E-state index contributed by atoms with van der Waals surface area (Å²) in [5.74, 6) is 0. The minimum Gasteiger partial charge on any atom is -0.111 e. The molecule has 2 aromatic carbocycles. The zero-order valence-corrected chi connectivity index (χ0v) is 19.9. The summed E-state index contributed by atoms with van der Waals surface area (Å²) in [6.07, 6.45) is 0. The van der Waals surface area contributed by atoms with Crippen LogP contribution in [-0.4, -0.2) is 9.42 Å². The summed E-state index contributed by atoms with van der Waals surface area (Å²) < 4.78 is -0.204. The molecular formula is C16H12Cl6S3. The summed E-state index contributed by atoms with van der Waals surface area (Å²) in [6.45, 7) is 3.75. The minimum absolute atomic E-state index is 0.102. The Morgan fingerprint density at radius 1 is 0.600 bits per heavy atom. The van der Waals surface area contributed by atoms with Crippen molar-refractivity contribution >= 4 is 105 Å². The zero-order valence-electron chi connectivity index (χ0n) is 13.0. The Kier molecular flexibility index (Phi) is 9.13. The molecule has 0 aliphatic carbocycles. The highest BCUT2D eigenvalue weighted by Crippen LogP contribution is 2.47. The molecule has 0 fully saturated rings. The fourth-order valence-electron chi connectivity index (χ4n) is 1.84. The van der Waals surface area contributed by atoms with Crippen molar-refractivity contribution in [3.8, 4) is 0 Å². The second-order valence-electron chi connectivity index (χ2n) is 4.80. The standard InChI is InChI=1S/C16H12Cl6S3/c1-7(17)23-9-3-5-11(15(21)13(9)19)25-12-6-4-10(24-8(2)18)14(20)16(12)22/h3-8H,1-2H3. The zero-order chi connectivity index (χ0) is 18.7. The molecule has 136 valence electrons. The van der Waals surface area contributed by atoms with Gasteiger partial charge in [0, 0.05) is 19.6 Å². The molecule has 0 saturated carbocycles. The van der Waals surface area contributed by atoms with Crippen LogP contribution in [0, 0.1) is 0 Å². The van der Waals surface area contributed by atoms with Gasteiger partial charge in [0.2, 0.25) is 0 Å². The molecule has 2 unspecified atom stereocenters. The van der Waals surface area contributed by atoms with E-state index >= 15 is 0 Å². The molecule has 2 atom stereocenters. The van der Waals surface area contributed by atoms with E-state index in [0.29, 0.717) is 20.1 Å². The fourth-order valence-corrected chi connectivity index (χ4v) is 6.09. The molecule has 0 aliphatic heterocycles. The normalized spacial score (nSPS) is 13.8. The summed E-state index contributed by atoms with van der Waals surface area (Å²) in [6, 6.07) is 7.59. The van der Waals surface area contributed by atoms with Gasteiger partial charge in [-0.2, -0.15) is 0 Å². The van der Waals surface area contributed by atoms with Crippen LogP contribution in [0.2, 0.25) is 20.1 Å². The van der Waals surface area contributed by atoms with Crippen LogP contribution in [0.1, 0.15) is 13.8 Å². The van der Waals surface area contributed by atoms with Gasteiger partial charge >= 0.3 is 0 Å². The van der Waals surface area contributed by atoms with Gasteiger partial charge in [0.1, 0.15) is 0 Å². The van der Waals surface area contributed by atoms with Crippen LogP contribution in [0.5, 0.6) is 0 Å². The predicted octanol–water partition coefficient (Wildman–Crippen LogP) is 9.81. The van der Waals surface area contributed by atoms with Crippen molar-refractivity contribution < 1.29 is 0 Å². The highest BCUT2D eigenvalue weighted by molar-refractivity contribution is 8.01. The van der Waals surface area contributed by atoms with Gasteiger partial charge in [-0.05, 0) is 38.1 Å². The van der Waals surface area contributed by atoms with E-state index in [1.165, 1.54) is 35.3 Å². The molecule has 0 heterocycles. The first-order valence-electron chi connectivity index (χ1n) is 6.96. The van der Waals surface area contributed by atoms with E-state index in [-0.39, 0.29) is 9.42 Å². The third-order valence-electron chi connectivity index (χ3n) is 2.82. The molecule has 0 saturated heterocycles. The number of hydrogen-bond acceptors (Lipinski definition) is 3. The molecule has 0 N–H and O–H groups in total. The number of halogens is 6. The summed E-state index contributed by atoms with van der Waals surface area (Å²) in [5, 5.41) is 1.90. The Bertz CT molecular complexity index is 701. The van der Waals surface area contributed by atoms with Crippen LogP contribution >= 0.6 is 105 Å². The Balaban J connectivity index is 2.31. The van der Waals surface area contributed by atoms with Gasteiger partial charge < -0.3 is 0 Å². The molecule has 0 nitrogen and oxygen atoms in total. The lowest BCUT2D eigenvalue weighted by Gasteiger charge is -2.13. The van der Waals surface area contributed by atoms with Gasteiger partial charge in [-0.3, -0.25) is 0 Å². The van der Waals surface area contributed by atoms with E-state index in [9.17, 15) is 0 Å². The van der Waals surface area contributed by atoms with E-state index in [1.54, 1.807) is 0 Å². The van der Waals surface area contributed by atoms with Gasteiger partial charge in [-0.25, -0.2) is 0 Å². The van der Waals surface area contributed by atoms with Crippen LogP contribution in [0.3, 0.4) is 0 Å². The van der Waals surface area contributed by atoms with Gasteiger partial charge in [0.25, 0.3) is 0 Å². The molecule has 0 spiro atoms. The Morgan fingerprint density at radius 2 is 0.880 bits per heavy atom. The van der Waals surface area contributed by atoms with E-state index < -0.39 is 0 Å². The topological polar surface area (TPSA) is 0 Å². The van der Waals surface area contributed by atoms with E-state index in [0.717, 1.165) is 19.6 Å². The van der Waals surface area contributed by atoms with E-state index in [4.69, 9.17) is 69.6 Å². The molecule has 0 aliphatic rings. The van der Waals surface area contributed by atoms with Crippen molar-refractivity contribution in [3.63, 3.8) is 0 Å². The molecule has 0 amide bonds. The minimum atomic E-state index is -0.102. The molecule has 2 aromatic rings. The van der Waals surface area contributed by atoms with E-state index in [1.807, 2.05) is 38.1 Å². The molecule has 0 radical (unpaired) electrons. The summed E-state index contributed by atoms with van der Waals surface area (Å²) in [4.78, 5) is 3.26. The van der Waals surface area contributed by atoms with Gasteiger partial charge in [0.15, 0.2) is 0 Å². The largest absolute Gasteiger partial charge is 0.111 e. The molecule has 0 bridgehead atoms. The van der Waals surface area contributed by atoms with E-state index in [2.05, 4.69) is 0 Å². The first kappa shape index (κ1) is 22.5. The third kappa shape index (κ3) is 6.10. The average molecular weight is 513 g/mol. The molecular weight excluding hydrogens is 501 g/mol. The maximum atomic E-state index is 6.42. The first-order chi connectivity index (χ1) is 11.7. The van der Waals surface area contributed by atoms with Crippen LogP contribution in [0.25, 0.3) is 0 Å². The van der Waals surface area contributed by atoms with Crippen molar-refractivity contribution in [3.05, 3.63) is 44.4 Å². The monoisotopic (exact) mass is 510 g/mol. The molecule has 9 heteroatoms. The second kappa shape index (κ2) is 10.1. The average Bonchev–Trinajstić information content (AvgIpc) is 2.53. The molecule has 0 aromatic heterocycles. The maximum Gasteiger partial charge on any atom is 0.0808 e. The predicted molar refractivity (Wildman–Crippen MR) is 119 cm³/mol. The quantitative estimate of drug-likeness (QED) is 0.279. The SMILES string of the molecule is CC(Cl)Sc1ccc(Sc2ccc(SC(C)Cl)c(Cl)c2Cl)c(Cl)c1Cl. The Labute approximate surface area is 190 Å². The maximum absolute atomic E-state index is 6.42. The molecule has 2 rings (SSSR count). The number of hydrogen-bond donors (Lipinski definition) is 0. The van der Waals surface area contributed by atoms with Crippen LogP contribution in [0.4, 0.5) is 0 Å². The fraction of sp³-hybridized carbons (Fsp3) is 0.250. The van der Waals surface area contributed by atoms with Crippen molar-refractivity contribution in [2.24, 2.45) is 0 Å². The summed E-state index contributed by atoms with van der Waals surface area (Å²) in [5.41, 5.74) is 0. The molecule has 25 heavy (non-hydrogen) atoms. The second-order valence-corrected chi connectivity index (χ2v) is 12.0. The van der Waals surface area contributed by atoms with Gasteiger partial charge in [0.05, 0.1) is 29.5 Å². The van der Waals surface area contributed by atoms with Crippen molar-refractivity contribution in [1.29, 1.82) is 0 Å². The lowest BCUT2D eigenvalue weighted by Crippen LogP contribution is -1.88. The Hall–Kier alpha value is 1.23. The van der Waals surface area contributed by atoms with Crippen molar-refractivity contribution in [2.45, 2.75) is 42.8 Å². The Morgan fingerprint density at radius 3 is 1.20 bits per heavy atom. The summed E-state index contributed by atoms with van der Waals surface area (Å²) >= 11 is 41.9. The number of alkyl halides is 2. The lowest BCUT2D eigenvalue weighted by molar-refractivity contribution is 1.30. The van der Waals surface area contributed by atoms with Crippen molar-refractivity contribution in [2.75, 3.05) is 0 Å². The summed E-state index contributed by atoms with van der Waals surface area (Å²) in [7, 11) is 0. The first-order valence-corrected chi connectivity index (χ1v) is 11.9. The lowest BCUT2D eigenvalue weighted by atomic mass is 10.3. The third-order valence-corrected chi connectivity index (χ3v) is 8.53. The smallest absolute Gasteiger partial charge is 0.0808 e. The van der Waals surface area contributed by atoms with Crippen LogP contribution in [0.15, 0.2) is 43.8 Å². The number of benzene rings is 2. The van der Waals surface area contributed by atoms with Gasteiger partial charge in [-0.1, -0.05) is 58.2 Å². The van der Waals surface area contributed by atoms with Crippen LogP contribution in [-0.2, 0) is 0 Å².